The SMILES string of the molecule is CC12C[C@@H](O)[C@H](O)[C@](C)(CO)C1CCC1(C)C2CC=C2C3[C@H](O)C(C)(C)CCC3(C(=O)O)CC[C@]21C. The molecule has 4 fully saturated rings. The van der Waals surface area contributed by atoms with Gasteiger partial charge in [0.05, 0.1) is 30.3 Å². The van der Waals surface area contributed by atoms with E-state index in [2.05, 4.69) is 40.7 Å². The van der Waals surface area contributed by atoms with E-state index in [9.17, 15) is 30.3 Å². The summed E-state index contributed by atoms with van der Waals surface area (Å²) in [4.78, 5) is 12.8. The average Bonchev–Trinajstić information content (AvgIpc) is 2.80. The first kappa shape index (κ1) is 26.6. The summed E-state index contributed by atoms with van der Waals surface area (Å²) in [7, 11) is 0. The molecule has 36 heavy (non-hydrogen) atoms. The van der Waals surface area contributed by atoms with Gasteiger partial charge in [0.2, 0.25) is 0 Å². The van der Waals surface area contributed by atoms with Gasteiger partial charge in [-0.15, -0.1) is 0 Å². The third-order valence-corrected chi connectivity index (χ3v) is 13.4. The van der Waals surface area contributed by atoms with E-state index in [4.69, 9.17) is 0 Å². The van der Waals surface area contributed by atoms with E-state index in [1.54, 1.807) is 0 Å². The van der Waals surface area contributed by atoms with E-state index in [0.717, 1.165) is 31.3 Å². The van der Waals surface area contributed by atoms with Crippen molar-refractivity contribution in [3.05, 3.63) is 11.6 Å². The number of hydrogen-bond donors (Lipinski definition) is 5. The molecule has 6 heteroatoms. The zero-order valence-electron chi connectivity index (χ0n) is 23.0. The highest BCUT2D eigenvalue weighted by Gasteiger charge is 2.71. The molecule has 5 N–H and O–H groups in total. The Hall–Kier alpha value is -0.950. The van der Waals surface area contributed by atoms with Crippen molar-refractivity contribution in [1.82, 2.24) is 0 Å². The molecule has 11 atom stereocenters. The summed E-state index contributed by atoms with van der Waals surface area (Å²) in [6.45, 7) is 12.9. The number of allylic oxidation sites excluding steroid dienone is 1. The van der Waals surface area contributed by atoms with Gasteiger partial charge in [-0.05, 0) is 84.9 Å². The molecule has 0 spiro atoms. The molecule has 5 aliphatic rings. The Kier molecular flexibility index (Phi) is 5.77. The van der Waals surface area contributed by atoms with Gasteiger partial charge in [0.1, 0.15) is 0 Å². The Morgan fingerprint density at radius 3 is 2.17 bits per heavy atom. The summed E-state index contributed by atoms with van der Waals surface area (Å²) >= 11 is 0. The highest BCUT2D eigenvalue weighted by Crippen LogP contribution is 2.75. The number of carbonyl (C=O) groups is 1. The topological polar surface area (TPSA) is 118 Å². The lowest BCUT2D eigenvalue weighted by Gasteiger charge is -2.71. The average molecular weight is 505 g/mol. The zero-order chi connectivity index (χ0) is 26.7. The van der Waals surface area contributed by atoms with Crippen molar-refractivity contribution < 1.29 is 30.3 Å². The zero-order valence-corrected chi connectivity index (χ0v) is 23.0. The fraction of sp³-hybridized carbons (Fsp3) is 0.900. The van der Waals surface area contributed by atoms with Crippen molar-refractivity contribution in [2.24, 2.45) is 50.2 Å². The maximum absolute atomic E-state index is 12.8. The van der Waals surface area contributed by atoms with Crippen LogP contribution in [-0.4, -0.2) is 56.4 Å². The maximum atomic E-state index is 12.8. The molecule has 4 saturated carbocycles. The van der Waals surface area contributed by atoms with Crippen molar-refractivity contribution in [1.29, 1.82) is 0 Å². The van der Waals surface area contributed by atoms with Crippen LogP contribution in [-0.2, 0) is 4.79 Å². The second-order valence-corrected chi connectivity index (χ2v) is 15.0. The highest BCUT2D eigenvalue weighted by atomic mass is 16.4. The molecule has 5 aliphatic carbocycles. The molecular formula is C30H48O6. The minimum absolute atomic E-state index is 0.0888. The summed E-state index contributed by atoms with van der Waals surface area (Å²) in [6, 6.07) is 0. The predicted octanol–water partition coefficient (Wildman–Crippen LogP) is 4.15. The molecule has 0 aliphatic heterocycles. The van der Waals surface area contributed by atoms with Gasteiger partial charge in [-0.1, -0.05) is 53.2 Å². The quantitative estimate of drug-likeness (QED) is 0.361. The third-order valence-electron chi connectivity index (χ3n) is 13.4. The number of aliphatic hydroxyl groups is 4. The largest absolute Gasteiger partial charge is 0.481 e. The lowest BCUT2D eigenvalue weighted by molar-refractivity contribution is -0.245. The standard InChI is InChI=1S/C30H48O6/c1-25(2)11-13-30(24(35)36)14-12-28(5)17(21(30)23(25)34)7-8-20-26(3)15-18(32)22(33)27(4,16-31)19(26)9-10-29(20,28)6/h7,18-23,31-34H,8-16H2,1-6H3,(H,35,36)/t18-,19?,20?,21?,22+,23+,26?,27-,28-,29?,30?/m1/s1. The number of rotatable bonds is 2. The van der Waals surface area contributed by atoms with Crippen molar-refractivity contribution in [3.63, 3.8) is 0 Å². The fourth-order valence-corrected chi connectivity index (χ4v) is 10.8. The summed E-state index contributed by atoms with van der Waals surface area (Å²) in [5.74, 6) is -0.833. The Labute approximate surface area is 216 Å². The molecule has 0 heterocycles. The van der Waals surface area contributed by atoms with E-state index in [1.807, 2.05) is 6.92 Å². The van der Waals surface area contributed by atoms with Crippen LogP contribution in [0.1, 0.15) is 92.9 Å². The molecule has 0 aromatic rings. The number of fused-ring (bicyclic) bond motifs is 7. The van der Waals surface area contributed by atoms with Gasteiger partial charge >= 0.3 is 5.97 Å². The van der Waals surface area contributed by atoms with Crippen LogP contribution in [0.3, 0.4) is 0 Å². The first-order valence-corrected chi connectivity index (χ1v) is 14.1. The van der Waals surface area contributed by atoms with Gasteiger partial charge in [-0.3, -0.25) is 4.79 Å². The van der Waals surface area contributed by atoms with Crippen LogP contribution < -0.4 is 0 Å². The Bertz CT molecular complexity index is 974. The van der Waals surface area contributed by atoms with Crippen LogP contribution >= 0.6 is 0 Å². The monoisotopic (exact) mass is 504 g/mol. The normalized spacial score (nSPS) is 55.9. The molecule has 6 unspecified atom stereocenters. The van der Waals surface area contributed by atoms with Crippen LogP contribution in [0.4, 0.5) is 0 Å². The van der Waals surface area contributed by atoms with E-state index in [1.165, 1.54) is 0 Å². The van der Waals surface area contributed by atoms with Crippen LogP contribution in [0.25, 0.3) is 0 Å². The maximum Gasteiger partial charge on any atom is 0.310 e. The van der Waals surface area contributed by atoms with E-state index in [-0.39, 0.29) is 46.0 Å². The third kappa shape index (κ3) is 2.96. The van der Waals surface area contributed by atoms with Gasteiger partial charge in [0, 0.05) is 11.3 Å². The molecule has 6 nitrogen and oxygen atoms in total. The van der Waals surface area contributed by atoms with Gasteiger partial charge < -0.3 is 25.5 Å². The molecule has 0 bridgehead atoms. The minimum atomic E-state index is -0.944. The molecule has 204 valence electrons. The van der Waals surface area contributed by atoms with Crippen LogP contribution in [0, 0.1) is 50.2 Å². The summed E-state index contributed by atoms with van der Waals surface area (Å²) in [5, 5.41) is 54.5. The predicted molar refractivity (Wildman–Crippen MR) is 137 cm³/mol. The second-order valence-electron chi connectivity index (χ2n) is 15.0. The number of aliphatic hydroxyl groups excluding tert-OH is 4. The Morgan fingerprint density at radius 1 is 0.917 bits per heavy atom. The van der Waals surface area contributed by atoms with E-state index in [0.29, 0.717) is 25.7 Å². The number of aliphatic carboxylic acids is 1. The lowest BCUT2D eigenvalue weighted by Crippen LogP contribution is -2.69. The van der Waals surface area contributed by atoms with Gasteiger partial charge in [-0.2, -0.15) is 0 Å². The first-order chi connectivity index (χ1) is 16.5. The molecule has 0 aromatic carbocycles. The van der Waals surface area contributed by atoms with Gasteiger partial charge in [0.25, 0.3) is 0 Å². The number of carboxylic acid groups (broad SMARTS) is 1. The molecule has 0 amide bonds. The summed E-state index contributed by atoms with van der Waals surface area (Å²) in [5.41, 5.74) is -1.50. The smallest absolute Gasteiger partial charge is 0.310 e. The highest BCUT2D eigenvalue weighted by molar-refractivity contribution is 5.77. The van der Waals surface area contributed by atoms with Crippen molar-refractivity contribution >= 4 is 5.97 Å². The molecule has 0 aromatic heterocycles. The lowest BCUT2D eigenvalue weighted by atomic mass is 9.33. The summed E-state index contributed by atoms with van der Waals surface area (Å²) < 4.78 is 0. The van der Waals surface area contributed by atoms with E-state index >= 15 is 0 Å². The summed E-state index contributed by atoms with van der Waals surface area (Å²) in [6.07, 6.45) is 5.48. The van der Waals surface area contributed by atoms with E-state index < -0.39 is 35.1 Å². The van der Waals surface area contributed by atoms with Gasteiger partial charge in [0.15, 0.2) is 0 Å². The van der Waals surface area contributed by atoms with Crippen LogP contribution in [0.2, 0.25) is 0 Å². The Morgan fingerprint density at radius 2 is 1.56 bits per heavy atom. The van der Waals surface area contributed by atoms with Crippen molar-refractivity contribution in [3.8, 4) is 0 Å². The van der Waals surface area contributed by atoms with Crippen LogP contribution in [0.5, 0.6) is 0 Å². The molecular weight excluding hydrogens is 456 g/mol. The van der Waals surface area contributed by atoms with Crippen molar-refractivity contribution in [2.75, 3.05) is 6.61 Å². The van der Waals surface area contributed by atoms with Gasteiger partial charge in [-0.25, -0.2) is 0 Å². The molecule has 0 radical (unpaired) electrons. The van der Waals surface area contributed by atoms with Crippen LogP contribution in [0.15, 0.2) is 11.6 Å². The second kappa shape index (κ2) is 7.80. The first-order valence-electron chi connectivity index (χ1n) is 14.1. The number of hydrogen-bond acceptors (Lipinski definition) is 5. The molecule has 0 saturated heterocycles. The van der Waals surface area contributed by atoms with Crippen molar-refractivity contribution in [2.45, 2.75) is 111 Å². The Balaban J connectivity index is 1.63. The fourth-order valence-electron chi connectivity index (χ4n) is 10.8. The number of carboxylic acids is 1. The minimum Gasteiger partial charge on any atom is -0.481 e. The molecule has 5 rings (SSSR count).